The lowest BCUT2D eigenvalue weighted by Crippen LogP contribution is -2.37. The number of H-pyrrole nitrogens is 1. The molecule has 1 aromatic heterocycles. The molecule has 4 rings (SSSR count). The predicted octanol–water partition coefficient (Wildman–Crippen LogP) is 3.00. The van der Waals surface area contributed by atoms with Crippen LogP contribution in [0.1, 0.15) is 47.8 Å². The van der Waals surface area contributed by atoms with Gasteiger partial charge in [-0.2, -0.15) is 0 Å². The smallest absolute Gasteiger partial charge is 0.321 e. The molecule has 9 nitrogen and oxygen atoms in total. The molecule has 0 saturated carbocycles. The first-order valence-electron chi connectivity index (χ1n) is 12.6. The molecule has 1 unspecified atom stereocenters. The molecule has 1 aliphatic heterocycles. The molecule has 2 amide bonds. The molecule has 3 aromatic rings. The number of hydrogen-bond acceptors (Lipinski definition) is 6. The molecule has 0 spiro atoms. The number of aromatic nitrogens is 2. The lowest BCUT2D eigenvalue weighted by Gasteiger charge is -2.27. The van der Waals surface area contributed by atoms with Crippen LogP contribution in [0.2, 0.25) is 0 Å². The summed E-state index contributed by atoms with van der Waals surface area (Å²) >= 11 is 0. The van der Waals surface area contributed by atoms with Gasteiger partial charge in [0.15, 0.2) is 0 Å². The number of methoxy groups -OCH3 is 1. The summed E-state index contributed by atoms with van der Waals surface area (Å²) in [6.07, 6.45) is 1.23. The molecule has 0 radical (unpaired) electrons. The number of carbonyl (C=O) groups excluding carboxylic acids is 1. The average Bonchev–Trinajstić information content (AvgIpc) is 3.25. The van der Waals surface area contributed by atoms with Crippen LogP contribution in [-0.2, 0) is 17.8 Å². The van der Waals surface area contributed by atoms with Gasteiger partial charge in [-0.15, -0.1) is 0 Å². The molecule has 2 heterocycles. The van der Waals surface area contributed by atoms with Gasteiger partial charge in [-0.25, -0.2) is 9.78 Å². The van der Waals surface area contributed by atoms with E-state index in [9.17, 15) is 14.7 Å². The van der Waals surface area contributed by atoms with Crippen molar-refractivity contribution in [1.82, 2.24) is 25.1 Å². The largest absolute Gasteiger partial charge is 0.502 e. The topological polar surface area (TPSA) is 111 Å². The molecule has 1 saturated heterocycles. The first-order valence-corrected chi connectivity index (χ1v) is 12.6. The summed E-state index contributed by atoms with van der Waals surface area (Å²) < 4.78 is 5.04. The third-order valence-corrected chi connectivity index (χ3v) is 6.43. The van der Waals surface area contributed by atoms with Gasteiger partial charge in [0.2, 0.25) is 5.75 Å². The van der Waals surface area contributed by atoms with E-state index < -0.39 is 11.3 Å². The molecule has 1 fully saturated rings. The van der Waals surface area contributed by atoms with E-state index >= 15 is 0 Å². The van der Waals surface area contributed by atoms with Crippen molar-refractivity contribution in [3.63, 3.8) is 0 Å². The third kappa shape index (κ3) is 6.40. The van der Waals surface area contributed by atoms with Crippen LogP contribution in [0.4, 0.5) is 4.79 Å². The van der Waals surface area contributed by atoms with Gasteiger partial charge in [-0.3, -0.25) is 4.79 Å². The molecule has 9 heteroatoms. The minimum Gasteiger partial charge on any atom is -0.502 e. The van der Waals surface area contributed by atoms with Gasteiger partial charge in [-0.1, -0.05) is 36.1 Å². The highest BCUT2D eigenvalue weighted by Crippen LogP contribution is 2.33. The van der Waals surface area contributed by atoms with Crippen LogP contribution in [0.5, 0.6) is 5.75 Å². The fourth-order valence-electron chi connectivity index (χ4n) is 4.42. The van der Waals surface area contributed by atoms with Crippen LogP contribution in [0.3, 0.4) is 0 Å². The zero-order valence-electron chi connectivity index (χ0n) is 21.9. The maximum atomic E-state index is 13.2. The monoisotopic (exact) mass is 515 g/mol. The van der Waals surface area contributed by atoms with Crippen molar-refractivity contribution in [3.05, 3.63) is 93.2 Å². The Morgan fingerprint density at radius 3 is 2.39 bits per heavy atom. The number of hydrogen-bond donors (Lipinski definition) is 3. The number of nitrogens with zero attached hydrogens (tertiary/aromatic N) is 3. The Balaban J connectivity index is 1.43. The maximum absolute atomic E-state index is 13.2. The van der Waals surface area contributed by atoms with E-state index in [0.717, 1.165) is 29.8 Å². The Morgan fingerprint density at radius 1 is 1.11 bits per heavy atom. The van der Waals surface area contributed by atoms with Crippen molar-refractivity contribution >= 4 is 6.03 Å². The van der Waals surface area contributed by atoms with Crippen LogP contribution < -0.4 is 10.9 Å². The number of nitrogens with one attached hydrogen (secondary N) is 2. The Bertz CT molecular complexity index is 1360. The quantitative estimate of drug-likeness (QED) is 0.299. The summed E-state index contributed by atoms with van der Waals surface area (Å²) in [7, 11) is 1.69. The van der Waals surface area contributed by atoms with Gasteiger partial charge in [-0.05, 0) is 49.2 Å². The van der Waals surface area contributed by atoms with E-state index in [0.29, 0.717) is 13.2 Å². The van der Waals surface area contributed by atoms with Crippen molar-refractivity contribution < 1.29 is 14.6 Å². The van der Waals surface area contributed by atoms with E-state index in [1.165, 1.54) is 11.9 Å². The minimum atomic E-state index is -0.624. The summed E-state index contributed by atoms with van der Waals surface area (Å²) in [4.78, 5) is 34.7. The van der Waals surface area contributed by atoms with Gasteiger partial charge in [0.05, 0.1) is 25.5 Å². The van der Waals surface area contributed by atoms with Crippen LogP contribution in [0.25, 0.3) is 0 Å². The first kappa shape index (κ1) is 26.9. The second-order valence-corrected chi connectivity index (χ2v) is 9.45. The van der Waals surface area contributed by atoms with E-state index in [4.69, 9.17) is 4.74 Å². The van der Waals surface area contributed by atoms with Gasteiger partial charge in [0.25, 0.3) is 5.56 Å². The molecule has 3 N–H and O–H groups in total. The summed E-state index contributed by atoms with van der Waals surface area (Å²) in [6, 6.07) is 15.7. The van der Waals surface area contributed by atoms with E-state index in [-0.39, 0.29) is 30.4 Å². The summed E-state index contributed by atoms with van der Waals surface area (Å²) in [6.45, 7) is 6.70. The molecular formula is C29H33N5O4. The molecule has 1 atom stereocenters. The molecule has 38 heavy (non-hydrogen) atoms. The third-order valence-electron chi connectivity index (χ3n) is 6.43. The summed E-state index contributed by atoms with van der Waals surface area (Å²) in [5.74, 6) is 5.96. The van der Waals surface area contributed by atoms with Gasteiger partial charge >= 0.3 is 6.03 Å². The lowest BCUT2D eigenvalue weighted by molar-refractivity contribution is 0.171. The average molecular weight is 516 g/mol. The second-order valence-electron chi connectivity index (χ2n) is 9.45. The van der Waals surface area contributed by atoms with Gasteiger partial charge in [0.1, 0.15) is 5.69 Å². The van der Waals surface area contributed by atoms with Crippen molar-refractivity contribution in [3.8, 4) is 17.6 Å². The highest BCUT2D eigenvalue weighted by molar-refractivity contribution is 5.78. The first-order chi connectivity index (χ1) is 18.4. The SMILES string of the molecule is COCCNCc1ccc(C#Cc2ccc(C3CN(Cc4nc[nH]c(=O)c4O)C(=O)N3C(C)C)cc2)cc1. The molecule has 0 aliphatic carbocycles. The Labute approximate surface area is 222 Å². The molecule has 2 aromatic carbocycles. The van der Waals surface area contributed by atoms with Crippen molar-refractivity contribution in [1.29, 1.82) is 0 Å². The predicted molar refractivity (Wildman–Crippen MR) is 144 cm³/mol. The van der Waals surface area contributed by atoms with Crippen molar-refractivity contribution in [2.24, 2.45) is 0 Å². The maximum Gasteiger partial charge on any atom is 0.321 e. The van der Waals surface area contributed by atoms with Crippen LogP contribution in [0.15, 0.2) is 59.7 Å². The van der Waals surface area contributed by atoms with E-state index in [1.807, 2.05) is 55.1 Å². The molecule has 198 valence electrons. The van der Waals surface area contributed by atoms with Crippen molar-refractivity contribution in [2.75, 3.05) is 26.8 Å². The fraction of sp³-hybridized carbons (Fsp3) is 0.345. The fourth-order valence-corrected chi connectivity index (χ4v) is 4.42. The van der Waals surface area contributed by atoms with E-state index in [1.54, 1.807) is 12.0 Å². The zero-order valence-corrected chi connectivity index (χ0v) is 21.9. The Kier molecular flexibility index (Phi) is 8.79. The number of amides is 2. The van der Waals surface area contributed by atoms with Crippen LogP contribution >= 0.6 is 0 Å². The summed E-state index contributed by atoms with van der Waals surface area (Å²) in [5.41, 5.74) is 3.56. The lowest BCUT2D eigenvalue weighted by atomic mass is 10.0. The van der Waals surface area contributed by atoms with Gasteiger partial charge in [0, 0.05) is 43.9 Å². The number of aromatic amines is 1. The molecular weight excluding hydrogens is 482 g/mol. The zero-order chi connectivity index (χ0) is 27.1. The van der Waals surface area contributed by atoms with Crippen LogP contribution in [-0.4, -0.2) is 63.8 Å². The van der Waals surface area contributed by atoms with Crippen LogP contribution in [0, 0.1) is 11.8 Å². The van der Waals surface area contributed by atoms with Crippen molar-refractivity contribution in [2.45, 2.75) is 39.0 Å². The molecule has 1 aliphatic rings. The Morgan fingerprint density at radius 2 is 1.76 bits per heavy atom. The number of carbonyl (C=O) groups is 1. The standard InChI is InChI=1S/C29H33N5O4/c1-20(2)34-26(18-33(29(34)37)17-25-27(35)28(36)32-19-31-25)24-12-10-22(11-13-24)5-4-21-6-8-23(9-7-21)16-30-14-15-38-3/h6-13,19-20,26,30,35H,14-18H2,1-3H3,(H,31,32,36). The molecule has 0 bridgehead atoms. The Hall–Kier alpha value is -4.13. The summed E-state index contributed by atoms with van der Waals surface area (Å²) in [5, 5.41) is 13.4. The number of ether oxygens (including phenoxy) is 1. The minimum absolute atomic E-state index is 0.0316. The highest BCUT2D eigenvalue weighted by Gasteiger charge is 2.39. The number of benzene rings is 2. The normalized spacial score (nSPS) is 15.2. The number of urea groups is 1. The highest BCUT2D eigenvalue weighted by atomic mass is 16.5. The van der Waals surface area contributed by atoms with E-state index in [2.05, 4.69) is 39.3 Å². The van der Waals surface area contributed by atoms with Gasteiger partial charge < -0.3 is 29.9 Å². The second kappa shape index (κ2) is 12.4. The number of aromatic hydroxyl groups is 1. The number of rotatable bonds is 9.